The van der Waals surface area contributed by atoms with Crippen LogP contribution in [-0.2, 0) is 0 Å². The SMILES string of the molecule is CCN(CC)C(=O)N1CCCC1C(N)=S. The van der Waals surface area contributed by atoms with E-state index in [0.717, 1.165) is 32.5 Å². The highest BCUT2D eigenvalue weighted by atomic mass is 32.1. The summed E-state index contributed by atoms with van der Waals surface area (Å²) in [6.45, 7) is 6.20. The molecule has 2 N–H and O–H groups in total. The van der Waals surface area contributed by atoms with E-state index in [1.165, 1.54) is 0 Å². The summed E-state index contributed by atoms with van der Waals surface area (Å²) in [6.07, 6.45) is 1.90. The first-order valence-corrected chi connectivity index (χ1v) is 5.87. The van der Waals surface area contributed by atoms with E-state index in [1.807, 2.05) is 13.8 Å². The van der Waals surface area contributed by atoms with Crippen molar-refractivity contribution in [2.24, 2.45) is 5.73 Å². The van der Waals surface area contributed by atoms with Crippen LogP contribution in [0.3, 0.4) is 0 Å². The predicted molar refractivity (Wildman–Crippen MR) is 64.8 cm³/mol. The number of rotatable bonds is 3. The highest BCUT2D eigenvalue weighted by molar-refractivity contribution is 7.80. The molecule has 2 amide bonds. The number of hydrogen-bond acceptors (Lipinski definition) is 2. The van der Waals surface area contributed by atoms with Crippen molar-refractivity contribution in [3.8, 4) is 0 Å². The van der Waals surface area contributed by atoms with Gasteiger partial charge in [-0.2, -0.15) is 0 Å². The summed E-state index contributed by atoms with van der Waals surface area (Å²) < 4.78 is 0. The fourth-order valence-electron chi connectivity index (χ4n) is 1.97. The minimum atomic E-state index is -0.0342. The van der Waals surface area contributed by atoms with Crippen molar-refractivity contribution in [2.45, 2.75) is 32.7 Å². The fourth-order valence-corrected chi connectivity index (χ4v) is 2.21. The lowest BCUT2D eigenvalue weighted by Gasteiger charge is -2.30. The second kappa shape index (κ2) is 5.30. The molecule has 0 aliphatic carbocycles. The molecule has 5 heteroatoms. The van der Waals surface area contributed by atoms with Crippen LogP contribution in [0.25, 0.3) is 0 Å². The third-order valence-electron chi connectivity index (χ3n) is 2.86. The van der Waals surface area contributed by atoms with Gasteiger partial charge in [-0.05, 0) is 26.7 Å². The number of likely N-dealkylation sites (tertiary alicyclic amines) is 1. The summed E-state index contributed by atoms with van der Waals surface area (Å²) in [7, 11) is 0. The third-order valence-corrected chi connectivity index (χ3v) is 3.13. The maximum absolute atomic E-state index is 12.1. The second-order valence-corrected chi connectivity index (χ2v) is 4.18. The van der Waals surface area contributed by atoms with Crippen molar-refractivity contribution in [3.63, 3.8) is 0 Å². The van der Waals surface area contributed by atoms with Crippen LogP contribution in [0, 0.1) is 0 Å². The Balaban J connectivity index is 2.69. The minimum Gasteiger partial charge on any atom is -0.392 e. The molecular weight excluding hydrogens is 210 g/mol. The van der Waals surface area contributed by atoms with Gasteiger partial charge >= 0.3 is 6.03 Å². The number of thiocarbonyl (C=S) groups is 1. The number of hydrogen-bond donors (Lipinski definition) is 1. The zero-order valence-corrected chi connectivity index (χ0v) is 10.2. The van der Waals surface area contributed by atoms with Gasteiger partial charge in [0.25, 0.3) is 0 Å². The van der Waals surface area contributed by atoms with Gasteiger partial charge in [0.1, 0.15) is 0 Å². The molecular formula is C10H19N3OS. The van der Waals surface area contributed by atoms with Crippen LogP contribution in [-0.4, -0.2) is 46.5 Å². The number of nitrogens with zero attached hydrogens (tertiary/aromatic N) is 2. The number of urea groups is 1. The van der Waals surface area contributed by atoms with Crippen LogP contribution in [0.1, 0.15) is 26.7 Å². The highest BCUT2D eigenvalue weighted by Gasteiger charge is 2.32. The third kappa shape index (κ3) is 2.59. The van der Waals surface area contributed by atoms with E-state index in [1.54, 1.807) is 9.80 Å². The summed E-state index contributed by atoms with van der Waals surface area (Å²) in [5.41, 5.74) is 5.63. The Kier molecular flexibility index (Phi) is 4.32. The standard InChI is InChI=1S/C10H19N3OS/c1-3-12(4-2)10(14)13-7-5-6-8(13)9(11)15/h8H,3-7H2,1-2H3,(H2,11,15). The quantitative estimate of drug-likeness (QED) is 0.740. The van der Waals surface area contributed by atoms with Crippen LogP contribution < -0.4 is 5.73 Å². The lowest BCUT2D eigenvalue weighted by molar-refractivity contribution is 0.162. The van der Waals surface area contributed by atoms with Gasteiger partial charge in [0.15, 0.2) is 0 Å². The fraction of sp³-hybridized carbons (Fsp3) is 0.800. The molecule has 0 spiro atoms. The molecule has 1 fully saturated rings. The van der Waals surface area contributed by atoms with E-state index in [4.69, 9.17) is 18.0 Å². The predicted octanol–water partition coefficient (Wildman–Crippen LogP) is 1.20. The molecule has 86 valence electrons. The van der Waals surface area contributed by atoms with Crippen molar-refractivity contribution >= 4 is 23.2 Å². The van der Waals surface area contributed by atoms with Gasteiger partial charge in [-0.25, -0.2) is 4.79 Å². The van der Waals surface area contributed by atoms with Crippen molar-refractivity contribution in [3.05, 3.63) is 0 Å². The Labute approximate surface area is 96.4 Å². The summed E-state index contributed by atoms with van der Waals surface area (Å²) in [5.74, 6) is 0. The highest BCUT2D eigenvalue weighted by Crippen LogP contribution is 2.19. The Hall–Kier alpha value is -0.840. The van der Waals surface area contributed by atoms with Crippen molar-refractivity contribution < 1.29 is 4.79 Å². The van der Waals surface area contributed by atoms with Crippen molar-refractivity contribution in [1.82, 2.24) is 9.80 Å². The Morgan fingerprint density at radius 2 is 2.13 bits per heavy atom. The van der Waals surface area contributed by atoms with Gasteiger partial charge in [-0.1, -0.05) is 12.2 Å². The van der Waals surface area contributed by atoms with E-state index in [0.29, 0.717) is 4.99 Å². The second-order valence-electron chi connectivity index (χ2n) is 3.71. The minimum absolute atomic E-state index is 0.0342. The molecule has 1 saturated heterocycles. The Bertz CT molecular complexity index is 253. The molecule has 0 radical (unpaired) electrons. The number of carbonyl (C=O) groups is 1. The molecule has 1 aliphatic heterocycles. The summed E-state index contributed by atoms with van der Waals surface area (Å²) in [6, 6.07) is 0.0309. The molecule has 1 unspecified atom stereocenters. The van der Waals surface area contributed by atoms with Gasteiger partial charge in [-0.3, -0.25) is 0 Å². The zero-order chi connectivity index (χ0) is 11.4. The van der Waals surface area contributed by atoms with Crippen molar-refractivity contribution in [1.29, 1.82) is 0 Å². The number of carbonyl (C=O) groups excluding carboxylic acids is 1. The van der Waals surface area contributed by atoms with E-state index < -0.39 is 0 Å². The normalized spacial score (nSPS) is 20.4. The molecule has 15 heavy (non-hydrogen) atoms. The van der Waals surface area contributed by atoms with E-state index in [9.17, 15) is 4.79 Å². The molecule has 1 aliphatic rings. The average Bonchev–Trinajstić information content (AvgIpc) is 2.67. The molecule has 0 aromatic heterocycles. The number of nitrogens with two attached hydrogens (primary N) is 1. The van der Waals surface area contributed by atoms with Gasteiger partial charge < -0.3 is 15.5 Å². The molecule has 0 aromatic rings. The largest absolute Gasteiger partial charge is 0.392 e. The smallest absolute Gasteiger partial charge is 0.320 e. The van der Waals surface area contributed by atoms with Gasteiger partial charge in [0.2, 0.25) is 0 Å². The molecule has 0 aromatic carbocycles. The monoisotopic (exact) mass is 229 g/mol. The molecule has 1 heterocycles. The lowest BCUT2D eigenvalue weighted by atomic mass is 10.2. The molecule has 1 atom stereocenters. The molecule has 0 bridgehead atoms. The van der Waals surface area contributed by atoms with Gasteiger partial charge in [-0.15, -0.1) is 0 Å². The first-order valence-electron chi connectivity index (χ1n) is 5.46. The summed E-state index contributed by atoms with van der Waals surface area (Å²) >= 11 is 4.98. The molecule has 4 nitrogen and oxygen atoms in total. The maximum atomic E-state index is 12.1. The van der Waals surface area contributed by atoms with Gasteiger partial charge in [0, 0.05) is 19.6 Å². The first-order chi connectivity index (χ1) is 7.11. The number of amides is 2. The Morgan fingerprint density at radius 3 is 2.60 bits per heavy atom. The zero-order valence-electron chi connectivity index (χ0n) is 9.40. The Morgan fingerprint density at radius 1 is 1.53 bits per heavy atom. The van der Waals surface area contributed by atoms with E-state index >= 15 is 0 Å². The first kappa shape index (κ1) is 12.2. The van der Waals surface area contributed by atoms with Crippen LogP contribution in [0.5, 0.6) is 0 Å². The van der Waals surface area contributed by atoms with Gasteiger partial charge in [0.05, 0.1) is 11.0 Å². The van der Waals surface area contributed by atoms with E-state index in [-0.39, 0.29) is 12.1 Å². The molecule has 1 rings (SSSR count). The molecule has 0 saturated carbocycles. The van der Waals surface area contributed by atoms with Crippen LogP contribution in [0.4, 0.5) is 4.79 Å². The summed E-state index contributed by atoms with van der Waals surface area (Å²) in [5, 5.41) is 0. The van der Waals surface area contributed by atoms with Crippen LogP contribution >= 0.6 is 12.2 Å². The summed E-state index contributed by atoms with van der Waals surface area (Å²) in [4.78, 5) is 16.1. The maximum Gasteiger partial charge on any atom is 0.320 e. The van der Waals surface area contributed by atoms with Crippen LogP contribution in [0.2, 0.25) is 0 Å². The topological polar surface area (TPSA) is 49.6 Å². The van der Waals surface area contributed by atoms with E-state index in [2.05, 4.69) is 0 Å². The lowest BCUT2D eigenvalue weighted by Crippen LogP contribution is -2.49. The average molecular weight is 229 g/mol. The van der Waals surface area contributed by atoms with Crippen molar-refractivity contribution in [2.75, 3.05) is 19.6 Å². The van der Waals surface area contributed by atoms with Crippen LogP contribution in [0.15, 0.2) is 0 Å².